The maximum absolute atomic E-state index is 11.6. The zero-order valence-corrected chi connectivity index (χ0v) is 15.7. The van der Waals surface area contributed by atoms with Gasteiger partial charge in [0.2, 0.25) is 0 Å². The normalized spacial score (nSPS) is 12.2. The van der Waals surface area contributed by atoms with Crippen molar-refractivity contribution in [1.82, 2.24) is 0 Å². The van der Waals surface area contributed by atoms with E-state index in [0.29, 0.717) is 27.5 Å². The van der Waals surface area contributed by atoms with E-state index in [-0.39, 0.29) is 10.6 Å². The number of aromatic hydroxyl groups is 1. The van der Waals surface area contributed by atoms with Crippen molar-refractivity contribution in [1.29, 1.82) is 0 Å². The minimum atomic E-state index is -4.36. The summed E-state index contributed by atoms with van der Waals surface area (Å²) in [6.07, 6.45) is 0. The molecule has 0 spiro atoms. The highest BCUT2D eigenvalue weighted by Gasteiger charge is 2.16. The van der Waals surface area contributed by atoms with Gasteiger partial charge >= 0.3 is 0 Å². The van der Waals surface area contributed by atoms with Crippen molar-refractivity contribution in [2.75, 3.05) is 0 Å². The Morgan fingerprint density at radius 2 is 1.32 bits per heavy atom. The number of benzene rings is 4. The predicted molar refractivity (Wildman–Crippen MR) is 108 cm³/mol. The van der Waals surface area contributed by atoms with Gasteiger partial charge in [0.15, 0.2) is 5.75 Å². The van der Waals surface area contributed by atoms with Crippen LogP contribution in [-0.2, 0) is 10.1 Å². The molecule has 0 saturated heterocycles. The van der Waals surface area contributed by atoms with Gasteiger partial charge in [0, 0.05) is 16.2 Å². The smallest absolute Gasteiger partial charge is 0.295 e. The number of azo groups is 1. The fourth-order valence-corrected chi connectivity index (χ4v) is 3.97. The lowest BCUT2D eigenvalue weighted by molar-refractivity contribution is 0.482. The summed E-state index contributed by atoms with van der Waals surface area (Å²) in [5.74, 6) is 0.0313. The van der Waals surface area contributed by atoms with Crippen LogP contribution in [-0.4, -0.2) is 18.1 Å². The molecule has 4 aromatic rings. The minimum Gasteiger partial charge on any atom is -0.505 e. The van der Waals surface area contributed by atoms with Crippen LogP contribution in [0.25, 0.3) is 21.5 Å². The Bertz CT molecular complexity index is 1360. The van der Waals surface area contributed by atoms with Gasteiger partial charge in [-0.3, -0.25) is 4.55 Å². The van der Waals surface area contributed by atoms with Crippen LogP contribution in [0.1, 0.15) is 5.56 Å². The molecule has 28 heavy (non-hydrogen) atoms. The summed E-state index contributed by atoms with van der Waals surface area (Å²) in [6, 6.07) is 18.7. The van der Waals surface area contributed by atoms with E-state index in [9.17, 15) is 18.1 Å². The Balaban J connectivity index is 1.87. The van der Waals surface area contributed by atoms with Crippen molar-refractivity contribution in [2.24, 2.45) is 10.2 Å². The standard InChI is InChI=1S/C21H16N2O4S/c1-13-12-19(21(24)17-9-5-2-6-14(13)17)23-22-18-10-11-20(28(25,26)27)16-8-4-3-7-15(16)18/h2-12,24H,1H3,(H,25,26,27)/b23-22+. The Morgan fingerprint density at radius 3 is 2.00 bits per heavy atom. The second-order valence-electron chi connectivity index (χ2n) is 6.41. The Hall–Kier alpha value is -3.29. The zero-order valence-electron chi connectivity index (χ0n) is 14.9. The first-order chi connectivity index (χ1) is 13.4. The van der Waals surface area contributed by atoms with Crippen LogP contribution in [0.5, 0.6) is 5.75 Å². The summed E-state index contributed by atoms with van der Waals surface area (Å²) in [5, 5.41) is 21.5. The lowest BCUT2D eigenvalue weighted by Crippen LogP contribution is -1.98. The Labute approximate surface area is 161 Å². The zero-order chi connectivity index (χ0) is 19.9. The molecule has 6 nitrogen and oxygen atoms in total. The molecule has 2 N–H and O–H groups in total. The molecular weight excluding hydrogens is 376 g/mol. The molecule has 0 aliphatic carbocycles. The molecule has 7 heteroatoms. The minimum absolute atomic E-state index is 0.0313. The molecule has 140 valence electrons. The van der Waals surface area contributed by atoms with E-state index in [1.807, 2.05) is 31.2 Å². The van der Waals surface area contributed by atoms with Gasteiger partial charge in [-0.1, -0.05) is 48.5 Å². The summed E-state index contributed by atoms with van der Waals surface area (Å²) >= 11 is 0. The summed E-state index contributed by atoms with van der Waals surface area (Å²) < 4.78 is 32.7. The Morgan fingerprint density at radius 1 is 0.750 bits per heavy atom. The van der Waals surface area contributed by atoms with Gasteiger partial charge in [-0.05, 0) is 36.1 Å². The average Bonchev–Trinajstić information content (AvgIpc) is 2.68. The Kier molecular flexibility index (Phi) is 4.33. The fourth-order valence-electron chi connectivity index (χ4n) is 3.27. The van der Waals surface area contributed by atoms with Gasteiger partial charge in [0.1, 0.15) is 10.6 Å². The van der Waals surface area contributed by atoms with Crippen LogP contribution in [0.4, 0.5) is 11.4 Å². The number of hydrogen-bond donors (Lipinski definition) is 2. The number of rotatable bonds is 3. The van der Waals surface area contributed by atoms with Crippen molar-refractivity contribution >= 4 is 43.0 Å². The van der Waals surface area contributed by atoms with Crippen LogP contribution in [0.3, 0.4) is 0 Å². The van der Waals surface area contributed by atoms with Crippen LogP contribution in [0, 0.1) is 6.92 Å². The van der Waals surface area contributed by atoms with Crippen molar-refractivity contribution in [3.63, 3.8) is 0 Å². The molecule has 4 aromatic carbocycles. The van der Waals surface area contributed by atoms with Gasteiger partial charge in [-0.2, -0.15) is 8.42 Å². The highest BCUT2D eigenvalue weighted by Crippen LogP contribution is 2.38. The van der Waals surface area contributed by atoms with E-state index in [2.05, 4.69) is 10.2 Å². The summed E-state index contributed by atoms with van der Waals surface area (Å²) in [6.45, 7) is 1.93. The molecule has 0 bridgehead atoms. The molecule has 4 rings (SSSR count). The molecule has 0 unspecified atom stereocenters. The SMILES string of the molecule is Cc1cc(/N=N/c2ccc(S(=O)(=O)O)c3ccccc23)c(O)c2ccccc12. The first-order valence-electron chi connectivity index (χ1n) is 8.48. The monoisotopic (exact) mass is 392 g/mol. The summed E-state index contributed by atoms with van der Waals surface area (Å²) in [4.78, 5) is -0.188. The lowest BCUT2D eigenvalue weighted by atomic mass is 10.0. The largest absolute Gasteiger partial charge is 0.505 e. The van der Waals surface area contributed by atoms with Crippen molar-refractivity contribution in [3.05, 3.63) is 72.3 Å². The molecule has 0 amide bonds. The lowest BCUT2D eigenvalue weighted by Gasteiger charge is -2.08. The number of hydrogen-bond acceptors (Lipinski definition) is 5. The van der Waals surface area contributed by atoms with E-state index in [4.69, 9.17) is 0 Å². The second-order valence-corrected chi connectivity index (χ2v) is 7.80. The number of phenols is 1. The molecular formula is C21H16N2O4S. The van der Waals surface area contributed by atoms with Gasteiger partial charge in [0.25, 0.3) is 10.1 Å². The second kappa shape index (κ2) is 6.70. The third-order valence-electron chi connectivity index (χ3n) is 4.61. The molecule has 0 radical (unpaired) electrons. The molecule has 0 aromatic heterocycles. The number of aryl methyl sites for hydroxylation is 1. The van der Waals surface area contributed by atoms with E-state index in [1.165, 1.54) is 12.1 Å². The third kappa shape index (κ3) is 3.11. The van der Waals surface area contributed by atoms with Gasteiger partial charge in [0.05, 0.1) is 5.69 Å². The third-order valence-corrected chi connectivity index (χ3v) is 5.52. The van der Waals surface area contributed by atoms with Crippen molar-refractivity contribution in [2.45, 2.75) is 11.8 Å². The van der Waals surface area contributed by atoms with Gasteiger partial charge < -0.3 is 5.11 Å². The van der Waals surface area contributed by atoms with E-state index in [0.717, 1.165) is 10.9 Å². The quantitative estimate of drug-likeness (QED) is 0.346. The van der Waals surface area contributed by atoms with Gasteiger partial charge in [-0.25, -0.2) is 0 Å². The molecule has 0 atom stereocenters. The molecule has 0 heterocycles. The maximum atomic E-state index is 11.6. The summed E-state index contributed by atoms with van der Waals surface area (Å²) in [7, 11) is -4.36. The fraction of sp³-hybridized carbons (Fsp3) is 0.0476. The maximum Gasteiger partial charge on any atom is 0.295 e. The highest BCUT2D eigenvalue weighted by atomic mass is 32.2. The topological polar surface area (TPSA) is 99.3 Å². The predicted octanol–water partition coefficient (Wildman–Crippen LogP) is 5.67. The van der Waals surface area contributed by atoms with Crippen molar-refractivity contribution in [3.8, 4) is 5.75 Å². The molecule has 0 aliphatic rings. The van der Waals surface area contributed by atoms with Crippen LogP contribution < -0.4 is 0 Å². The molecule has 0 fully saturated rings. The number of nitrogens with zero attached hydrogens (tertiary/aromatic N) is 2. The molecule has 0 aliphatic heterocycles. The van der Waals surface area contributed by atoms with Crippen LogP contribution >= 0.6 is 0 Å². The van der Waals surface area contributed by atoms with Gasteiger partial charge in [-0.15, -0.1) is 10.2 Å². The highest BCUT2D eigenvalue weighted by molar-refractivity contribution is 7.86. The summed E-state index contributed by atoms with van der Waals surface area (Å²) in [5.41, 5.74) is 1.70. The average molecular weight is 392 g/mol. The van der Waals surface area contributed by atoms with E-state index < -0.39 is 10.1 Å². The van der Waals surface area contributed by atoms with Crippen molar-refractivity contribution < 1.29 is 18.1 Å². The molecule has 0 saturated carbocycles. The first kappa shape index (κ1) is 18.1. The number of phenolic OH excluding ortho intramolecular Hbond substituents is 1. The van der Waals surface area contributed by atoms with E-state index >= 15 is 0 Å². The number of fused-ring (bicyclic) bond motifs is 2. The van der Waals surface area contributed by atoms with Crippen LogP contribution in [0.15, 0.2) is 81.9 Å². The van der Waals surface area contributed by atoms with E-state index in [1.54, 1.807) is 30.3 Å². The van der Waals surface area contributed by atoms with Crippen LogP contribution in [0.2, 0.25) is 0 Å². The first-order valence-corrected chi connectivity index (χ1v) is 9.92.